The summed E-state index contributed by atoms with van der Waals surface area (Å²) in [5.41, 5.74) is 3.71. The van der Waals surface area contributed by atoms with E-state index >= 15 is 0 Å². The number of carboxylic acids is 1. The minimum Gasteiger partial charge on any atom is -0.503 e. The second-order valence-corrected chi connectivity index (χ2v) is 12.2. The van der Waals surface area contributed by atoms with Crippen molar-refractivity contribution in [3.8, 4) is 11.6 Å². The van der Waals surface area contributed by atoms with Gasteiger partial charge >= 0.3 is 11.5 Å². The minimum absolute atomic E-state index is 0.000757. The molecule has 7 N–H and O–H groups in total. The van der Waals surface area contributed by atoms with Crippen molar-refractivity contribution in [1.29, 1.82) is 0 Å². The third-order valence-electron chi connectivity index (χ3n) is 6.36. The first-order valence-electron chi connectivity index (χ1n) is 12.4. The average Bonchev–Trinajstić information content (AvgIpc) is 3.43. The van der Waals surface area contributed by atoms with Crippen LogP contribution < -0.4 is 22.0 Å². The summed E-state index contributed by atoms with van der Waals surface area (Å²) in [6.07, 6.45) is 0.753. The molecule has 0 unspecified atom stereocenters. The molecule has 236 valence electrons. The molecule has 5 rings (SSSR count). The smallest absolute Gasteiger partial charge is 0.352 e. The summed E-state index contributed by atoms with van der Waals surface area (Å²) in [7, 11) is 1.37. The first-order chi connectivity index (χ1) is 21.4. The molecule has 22 heteroatoms. The summed E-state index contributed by atoms with van der Waals surface area (Å²) >= 11 is 3.19. The Morgan fingerprint density at radius 2 is 2.02 bits per heavy atom. The number of carbonyl (C=O) groups is 3. The highest BCUT2D eigenvalue weighted by Crippen LogP contribution is 2.41. The largest absolute Gasteiger partial charge is 0.503 e. The number of fused-ring (bicyclic) bond motifs is 1. The molecule has 0 bridgehead atoms. The van der Waals surface area contributed by atoms with E-state index in [9.17, 15) is 44.5 Å². The number of hydrogen-bond acceptors (Lipinski definition) is 17. The van der Waals surface area contributed by atoms with Gasteiger partial charge in [-0.15, -0.1) is 33.3 Å². The van der Waals surface area contributed by atoms with E-state index in [4.69, 9.17) is 10.6 Å². The molecule has 2 amide bonds. The van der Waals surface area contributed by atoms with Gasteiger partial charge in [0.15, 0.2) is 28.4 Å². The van der Waals surface area contributed by atoms with Crippen molar-refractivity contribution < 1.29 is 39.7 Å². The number of aromatic nitrogens is 5. The van der Waals surface area contributed by atoms with E-state index in [2.05, 4.69) is 25.7 Å². The summed E-state index contributed by atoms with van der Waals surface area (Å²) in [5, 5.41) is 52.9. The maximum Gasteiger partial charge on any atom is 0.352 e. The van der Waals surface area contributed by atoms with Crippen molar-refractivity contribution in [1.82, 2.24) is 34.7 Å². The van der Waals surface area contributed by atoms with Gasteiger partial charge in [0.1, 0.15) is 28.5 Å². The lowest BCUT2D eigenvalue weighted by Crippen LogP contribution is -2.71. The Bertz CT molecular complexity index is 1900. The zero-order valence-corrected chi connectivity index (χ0v) is 25.1. The molecule has 2 atom stereocenters. The summed E-state index contributed by atoms with van der Waals surface area (Å²) in [5.74, 6) is -4.26. The van der Waals surface area contributed by atoms with Gasteiger partial charge in [-0.25, -0.2) is 9.78 Å². The molecule has 3 aromatic heterocycles. The van der Waals surface area contributed by atoms with Gasteiger partial charge in [0.2, 0.25) is 5.43 Å². The van der Waals surface area contributed by atoms with Gasteiger partial charge in [-0.1, -0.05) is 16.9 Å². The number of thiazole rings is 1. The molecule has 0 radical (unpaired) electrons. The van der Waals surface area contributed by atoms with E-state index in [-0.39, 0.29) is 38.9 Å². The fraction of sp³-hybridized carbons (Fsp3) is 0.261. The second-order valence-electron chi connectivity index (χ2n) is 9.22. The highest BCUT2D eigenvalue weighted by Gasteiger charge is 2.54. The first kappa shape index (κ1) is 31.3. The number of thioether (sulfide) groups is 2. The quantitative estimate of drug-likeness (QED) is 0.0466. The number of carboxylic acid groups (broad SMARTS) is 1. The number of aliphatic carboxylic acids is 1. The zero-order chi connectivity index (χ0) is 32.6. The molecule has 0 aromatic carbocycles. The number of nitrogen functional groups attached to an aromatic ring is 1. The predicted molar refractivity (Wildman–Crippen MR) is 157 cm³/mol. The number of β-lactam (4-membered cyclic amide) rings is 1. The van der Waals surface area contributed by atoms with Gasteiger partial charge in [-0.2, -0.15) is 4.73 Å². The van der Waals surface area contributed by atoms with Crippen LogP contribution >= 0.6 is 34.9 Å². The molecule has 1 fully saturated rings. The van der Waals surface area contributed by atoms with E-state index in [0.29, 0.717) is 10.3 Å². The van der Waals surface area contributed by atoms with Crippen molar-refractivity contribution in [3.05, 3.63) is 60.9 Å². The first-order valence-corrected chi connectivity index (χ1v) is 15.3. The Balaban J connectivity index is 1.32. The van der Waals surface area contributed by atoms with E-state index in [1.54, 1.807) is 0 Å². The molecule has 0 spiro atoms. The summed E-state index contributed by atoms with van der Waals surface area (Å²) in [4.78, 5) is 72.6. The van der Waals surface area contributed by atoms with Gasteiger partial charge in [0, 0.05) is 30.0 Å². The number of pyridine rings is 1. The normalized spacial score (nSPS) is 17.9. The number of anilines is 1. The van der Waals surface area contributed by atoms with Crippen LogP contribution in [0.2, 0.25) is 0 Å². The van der Waals surface area contributed by atoms with Crippen LogP contribution in [0.3, 0.4) is 0 Å². The molecule has 2 aliphatic rings. The van der Waals surface area contributed by atoms with Crippen molar-refractivity contribution in [3.63, 3.8) is 0 Å². The molecule has 3 aromatic rings. The number of aromatic hydroxyl groups is 2. The Hall–Kier alpha value is -5.09. The third-order valence-corrected chi connectivity index (χ3v) is 9.48. The third kappa shape index (κ3) is 6.14. The van der Waals surface area contributed by atoms with Crippen LogP contribution in [-0.4, -0.2) is 96.3 Å². The van der Waals surface area contributed by atoms with Crippen molar-refractivity contribution >= 4 is 63.5 Å². The van der Waals surface area contributed by atoms with Crippen LogP contribution in [0.5, 0.6) is 11.6 Å². The Labute approximate surface area is 262 Å². The molecule has 0 saturated carbocycles. The Morgan fingerprint density at radius 1 is 1.27 bits per heavy atom. The van der Waals surface area contributed by atoms with Gasteiger partial charge in [0.25, 0.3) is 17.7 Å². The minimum atomic E-state index is -1.37. The Kier molecular flexibility index (Phi) is 8.70. The molecule has 45 heavy (non-hydrogen) atoms. The number of oxime groups is 1. The van der Waals surface area contributed by atoms with Crippen molar-refractivity contribution in [2.75, 3.05) is 17.2 Å². The van der Waals surface area contributed by atoms with Gasteiger partial charge in [0.05, 0.1) is 6.20 Å². The molecule has 19 nitrogen and oxygen atoms in total. The lowest BCUT2D eigenvalue weighted by Gasteiger charge is -2.49. The van der Waals surface area contributed by atoms with Crippen LogP contribution in [0.1, 0.15) is 11.4 Å². The molecular formula is C23H21N9O10S3. The zero-order valence-electron chi connectivity index (χ0n) is 22.7. The van der Waals surface area contributed by atoms with E-state index < -0.39 is 64.1 Å². The fourth-order valence-electron chi connectivity index (χ4n) is 4.14. The summed E-state index contributed by atoms with van der Waals surface area (Å²) < 4.78 is 1.49. The molecule has 2 aliphatic heterocycles. The standard InChI is InChI=1S/C23H21N9O10S3/c1-30-19(38)17(36)27-28-23(30)45-6-8-5-43-20-14(18(37)32(20)15(8)21(39)40)26-16(35)13(10-7-44-22(24)25-10)29-42-4-9-2-11(33)12(34)3-31(9)41/h2-3,7,14,20,34,41H,4-6H2,1H3,(H2,24,25)(H,26,35)(H,27,36)(H,39,40)/b29-13-/t14-,20-/m1/s1. The van der Waals surface area contributed by atoms with Crippen LogP contribution in [0.25, 0.3) is 0 Å². The lowest BCUT2D eigenvalue weighted by atomic mass is 10.0. The van der Waals surface area contributed by atoms with Crippen LogP contribution in [-0.2, 0) is 32.9 Å². The monoisotopic (exact) mass is 679 g/mol. The van der Waals surface area contributed by atoms with E-state index in [0.717, 1.165) is 44.8 Å². The average molecular weight is 680 g/mol. The molecule has 1 saturated heterocycles. The highest BCUT2D eigenvalue weighted by atomic mass is 32.2. The number of amides is 2. The number of hydrogen-bond donors (Lipinski definition) is 6. The fourth-order valence-corrected chi connectivity index (χ4v) is 7.08. The lowest BCUT2D eigenvalue weighted by molar-refractivity contribution is -0.150. The maximum absolute atomic E-state index is 13.3. The summed E-state index contributed by atoms with van der Waals surface area (Å²) in [6.45, 7) is -0.505. The van der Waals surface area contributed by atoms with Crippen LogP contribution in [0.15, 0.2) is 48.8 Å². The van der Waals surface area contributed by atoms with Crippen molar-refractivity contribution in [2.45, 2.75) is 23.2 Å². The predicted octanol–water partition coefficient (Wildman–Crippen LogP) is -1.52. The maximum atomic E-state index is 13.3. The Morgan fingerprint density at radius 3 is 2.71 bits per heavy atom. The highest BCUT2D eigenvalue weighted by molar-refractivity contribution is 8.01. The van der Waals surface area contributed by atoms with Crippen molar-refractivity contribution in [2.24, 2.45) is 12.2 Å². The topological polar surface area (TPSA) is 278 Å². The molecule has 0 aliphatic carbocycles. The van der Waals surface area contributed by atoms with Gasteiger partial charge < -0.3 is 36.4 Å². The number of nitrogens with two attached hydrogens (primary N) is 1. The number of rotatable bonds is 10. The van der Waals surface area contributed by atoms with Gasteiger partial charge in [-0.3, -0.25) is 28.6 Å². The number of carbonyl (C=O) groups excluding carboxylic acids is 2. The van der Waals surface area contributed by atoms with E-state index in [1.165, 1.54) is 24.2 Å². The van der Waals surface area contributed by atoms with E-state index in [1.807, 2.05) is 0 Å². The SMILES string of the molecule is Cn1c(SCC2=C(C(=O)O)N3C(=O)[C@@H](NC(=O)/C(=N\OCc4cc(=O)c(O)cn4O)c4csc(N)n4)[C@H]3SC2)nnc(O)c1=O. The molecular weight excluding hydrogens is 659 g/mol. The number of nitrogens with one attached hydrogen (secondary N) is 1. The van der Waals surface area contributed by atoms with Gasteiger partial charge in [-0.05, 0) is 5.57 Å². The van der Waals surface area contributed by atoms with Crippen LogP contribution in [0.4, 0.5) is 5.13 Å². The number of nitrogens with zero attached hydrogens (tertiary/aromatic N) is 7. The molecule has 5 heterocycles. The second kappa shape index (κ2) is 12.5. The van der Waals surface area contributed by atoms with Crippen LogP contribution in [0, 0.1) is 0 Å². The summed E-state index contributed by atoms with van der Waals surface area (Å²) in [6, 6.07) is -0.247.